The minimum absolute atomic E-state index is 0. The van der Waals surface area contributed by atoms with Crippen LogP contribution in [-0.2, 0) is 9.47 Å². The molecule has 1 fully saturated rings. The number of nitrogens with zero attached hydrogens (tertiary/aromatic N) is 1. The molecule has 0 saturated carbocycles. The van der Waals surface area contributed by atoms with Gasteiger partial charge >= 0.3 is 0 Å². The van der Waals surface area contributed by atoms with Crippen LogP contribution in [0.3, 0.4) is 0 Å². The first-order valence-electron chi connectivity index (χ1n) is 20.7. The highest BCUT2D eigenvalue weighted by atomic mass is 32.1. The number of rotatable bonds is 34. The topological polar surface area (TPSA) is 21.7 Å². The summed E-state index contributed by atoms with van der Waals surface area (Å²) in [5, 5.41) is 0. The molecule has 0 unspecified atom stereocenters. The largest absolute Gasteiger partial charge is 0.347 e. The van der Waals surface area contributed by atoms with E-state index in [-0.39, 0.29) is 25.4 Å². The minimum Gasteiger partial charge on any atom is -0.347 e. The van der Waals surface area contributed by atoms with E-state index in [4.69, 9.17) is 9.47 Å². The van der Waals surface area contributed by atoms with Gasteiger partial charge in [-0.2, -0.15) is 13.5 Å². The van der Waals surface area contributed by atoms with Crippen LogP contribution in [0.1, 0.15) is 194 Å². The minimum atomic E-state index is -0.330. The molecule has 282 valence electrons. The Morgan fingerprint density at radius 3 is 1.21 bits per heavy atom. The van der Waals surface area contributed by atoms with Crippen molar-refractivity contribution in [3.05, 3.63) is 48.6 Å². The summed E-state index contributed by atoms with van der Waals surface area (Å²) in [6, 6.07) is 0. The SMILES string of the molecule is CCCCC/C=C\CCCC/C=C\CCCCCC1(CCCCC/C=C\CCCC/C=C\CCCCC)OC[C@H](CCCN(C)C)O1.S. The second kappa shape index (κ2) is 36.0. The molecule has 1 rings (SSSR count). The van der Waals surface area contributed by atoms with Crippen molar-refractivity contribution >= 4 is 13.5 Å². The van der Waals surface area contributed by atoms with Gasteiger partial charge in [0.1, 0.15) is 0 Å². The molecule has 0 radical (unpaired) electrons. The van der Waals surface area contributed by atoms with Gasteiger partial charge in [-0.25, -0.2) is 0 Å². The van der Waals surface area contributed by atoms with E-state index < -0.39 is 0 Å². The van der Waals surface area contributed by atoms with Crippen LogP contribution in [0.25, 0.3) is 0 Å². The van der Waals surface area contributed by atoms with Gasteiger partial charge in [0, 0.05) is 12.8 Å². The molecule has 0 aromatic heterocycles. The zero-order valence-electron chi connectivity index (χ0n) is 32.7. The molecule has 0 N–H and O–H groups in total. The third-order valence-electron chi connectivity index (χ3n) is 9.50. The zero-order valence-corrected chi connectivity index (χ0v) is 33.7. The highest BCUT2D eigenvalue weighted by molar-refractivity contribution is 7.59. The molecular formula is C44H83NO2S. The lowest BCUT2D eigenvalue weighted by Crippen LogP contribution is -2.31. The Bertz CT molecular complexity index is 726. The second-order valence-corrected chi connectivity index (χ2v) is 14.6. The van der Waals surface area contributed by atoms with E-state index in [9.17, 15) is 0 Å². The number of ether oxygens (including phenoxy) is 2. The molecule has 1 aliphatic rings. The van der Waals surface area contributed by atoms with Crippen molar-refractivity contribution in [2.75, 3.05) is 27.2 Å². The molecule has 0 aromatic carbocycles. The van der Waals surface area contributed by atoms with Crippen molar-refractivity contribution < 1.29 is 9.47 Å². The van der Waals surface area contributed by atoms with Crippen LogP contribution in [0, 0.1) is 0 Å². The quantitative estimate of drug-likeness (QED) is 0.0496. The summed E-state index contributed by atoms with van der Waals surface area (Å²) in [4.78, 5) is 2.27. The first-order valence-corrected chi connectivity index (χ1v) is 20.7. The zero-order chi connectivity index (χ0) is 33.9. The maximum Gasteiger partial charge on any atom is 0.168 e. The number of hydrogen-bond donors (Lipinski definition) is 0. The van der Waals surface area contributed by atoms with Crippen molar-refractivity contribution in [1.29, 1.82) is 0 Å². The van der Waals surface area contributed by atoms with Gasteiger partial charge in [-0.15, -0.1) is 0 Å². The Hall–Kier alpha value is -0.810. The van der Waals surface area contributed by atoms with Crippen LogP contribution in [-0.4, -0.2) is 44.0 Å². The predicted octanol–water partition coefficient (Wildman–Crippen LogP) is 14.0. The Labute approximate surface area is 308 Å². The molecule has 3 nitrogen and oxygen atoms in total. The molecule has 48 heavy (non-hydrogen) atoms. The summed E-state index contributed by atoms with van der Waals surface area (Å²) in [5.41, 5.74) is 0. The van der Waals surface area contributed by atoms with Crippen LogP contribution in [0.2, 0.25) is 0 Å². The molecule has 0 spiro atoms. The van der Waals surface area contributed by atoms with Gasteiger partial charge in [-0.3, -0.25) is 0 Å². The van der Waals surface area contributed by atoms with Gasteiger partial charge in [0.05, 0.1) is 12.7 Å². The Morgan fingerprint density at radius 2 is 0.854 bits per heavy atom. The normalized spacial score (nSPS) is 16.5. The second-order valence-electron chi connectivity index (χ2n) is 14.6. The van der Waals surface area contributed by atoms with Gasteiger partial charge in [-0.1, -0.05) is 101 Å². The average molecular weight is 690 g/mol. The molecule has 1 atom stereocenters. The highest BCUT2D eigenvalue weighted by Crippen LogP contribution is 2.36. The summed E-state index contributed by atoms with van der Waals surface area (Å²) in [5.74, 6) is -0.330. The lowest BCUT2D eigenvalue weighted by molar-refractivity contribution is -0.180. The Kier molecular flexibility index (Phi) is 35.4. The average Bonchev–Trinajstić information content (AvgIpc) is 3.47. The summed E-state index contributed by atoms with van der Waals surface area (Å²) in [6.07, 6.45) is 54.7. The van der Waals surface area contributed by atoms with Crippen molar-refractivity contribution in [3.8, 4) is 0 Å². The Morgan fingerprint density at radius 1 is 0.500 bits per heavy atom. The first-order chi connectivity index (χ1) is 23.1. The maximum atomic E-state index is 6.70. The summed E-state index contributed by atoms with van der Waals surface area (Å²) < 4.78 is 13.2. The molecule has 1 heterocycles. The van der Waals surface area contributed by atoms with Gasteiger partial charge in [-0.05, 0) is 149 Å². The summed E-state index contributed by atoms with van der Waals surface area (Å²) in [7, 11) is 4.31. The van der Waals surface area contributed by atoms with Crippen molar-refractivity contribution in [2.24, 2.45) is 0 Å². The lowest BCUT2D eigenvalue weighted by Gasteiger charge is -2.28. The van der Waals surface area contributed by atoms with E-state index >= 15 is 0 Å². The van der Waals surface area contributed by atoms with Gasteiger partial charge in [0.15, 0.2) is 5.79 Å². The van der Waals surface area contributed by atoms with Crippen LogP contribution >= 0.6 is 13.5 Å². The van der Waals surface area contributed by atoms with Crippen molar-refractivity contribution in [1.82, 2.24) is 4.90 Å². The van der Waals surface area contributed by atoms with Crippen LogP contribution in [0.4, 0.5) is 0 Å². The molecule has 0 aromatic rings. The molecule has 0 aliphatic carbocycles. The third kappa shape index (κ3) is 30.1. The van der Waals surface area contributed by atoms with Gasteiger partial charge < -0.3 is 14.4 Å². The fourth-order valence-corrected chi connectivity index (χ4v) is 6.46. The third-order valence-corrected chi connectivity index (χ3v) is 9.50. The molecule has 0 bridgehead atoms. The Balaban J connectivity index is 0.0000221. The molecular weight excluding hydrogens is 607 g/mol. The number of unbranched alkanes of at least 4 members (excludes halogenated alkanes) is 18. The van der Waals surface area contributed by atoms with Crippen molar-refractivity contribution in [2.45, 2.75) is 206 Å². The van der Waals surface area contributed by atoms with E-state index in [0.29, 0.717) is 0 Å². The smallest absolute Gasteiger partial charge is 0.168 e. The fourth-order valence-electron chi connectivity index (χ4n) is 6.46. The lowest BCUT2D eigenvalue weighted by atomic mass is 9.99. The number of hydrogen-bond acceptors (Lipinski definition) is 3. The summed E-state index contributed by atoms with van der Waals surface area (Å²) in [6.45, 7) is 6.45. The molecule has 0 amide bonds. The van der Waals surface area contributed by atoms with Gasteiger partial charge in [0.2, 0.25) is 0 Å². The van der Waals surface area contributed by atoms with Gasteiger partial charge in [0.25, 0.3) is 0 Å². The standard InChI is InChI=1S/C44H81NO2.H2S/c1-5-7-9-11-13-15-17-19-21-23-25-27-29-31-33-35-39-44(46-42-43(47-44)38-37-41-45(3)4)40-36-34-32-30-28-26-24-22-20-18-16-14-12-10-8-6-2;/h13-16,25-28,43H,5-12,17-24,29-42H2,1-4H3;1H2/b15-13-,16-14-,27-25-,28-26-;/t43-;/m0./s1. The molecule has 4 heteroatoms. The maximum absolute atomic E-state index is 6.70. The highest BCUT2D eigenvalue weighted by Gasteiger charge is 2.40. The van der Waals surface area contributed by atoms with E-state index in [0.717, 1.165) is 32.4 Å². The van der Waals surface area contributed by atoms with Crippen molar-refractivity contribution in [3.63, 3.8) is 0 Å². The van der Waals surface area contributed by atoms with Crippen LogP contribution in [0.5, 0.6) is 0 Å². The monoisotopic (exact) mass is 690 g/mol. The van der Waals surface area contributed by atoms with E-state index in [1.165, 1.54) is 161 Å². The predicted molar refractivity (Wildman–Crippen MR) is 220 cm³/mol. The first kappa shape index (κ1) is 47.2. The fraction of sp³-hybridized carbons (Fsp3) is 0.818. The summed E-state index contributed by atoms with van der Waals surface area (Å²) >= 11 is 0. The van der Waals surface area contributed by atoms with E-state index in [1.54, 1.807) is 0 Å². The number of allylic oxidation sites excluding steroid dienone is 8. The van der Waals surface area contributed by atoms with E-state index in [1.807, 2.05) is 0 Å². The van der Waals surface area contributed by atoms with Crippen LogP contribution < -0.4 is 0 Å². The molecule has 1 saturated heterocycles. The van der Waals surface area contributed by atoms with E-state index in [2.05, 4.69) is 81.5 Å². The van der Waals surface area contributed by atoms with Crippen LogP contribution in [0.15, 0.2) is 48.6 Å². The molecule has 1 aliphatic heterocycles.